The second-order valence-corrected chi connectivity index (χ2v) is 7.69. The molecule has 0 aliphatic carbocycles. The van der Waals surface area contributed by atoms with Crippen LogP contribution >= 0.6 is 0 Å². The van der Waals surface area contributed by atoms with Crippen LogP contribution in [0.5, 0.6) is 0 Å². The maximum atomic E-state index is 12.9. The number of amides is 2. The van der Waals surface area contributed by atoms with E-state index in [4.69, 9.17) is 4.74 Å². The number of carbonyl (C=O) groups excluding carboxylic acids is 3. The minimum absolute atomic E-state index is 0.119. The summed E-state index contributed by atoms with van der Waals surface area (Å²) in [6.07, 6.45) is 1.39. The van der Waals surface area contributed by atoms with Gasteiger partial charge in [-0.25, -0.2) is 4.79 Å². The zero-order valence-electron chi connectivity index (χ0n) is 17.5. The highest BCUT2D eigenvalue weighted by molar-refractivity contribution is 5.86. The van der Waals surface area contributed by atoms with Gasteiger partial charge in [-0.1, -0.05) is 74.5 Å². The Kier molecular flexibility index (Phi) is 9.58. The molecule has 2 aromatic carbocycles. The lowest BCUT2D eigenvalue weighted by Crippen LogP contribution is -2.51. The first kappa shape index (κ1) is 23.1. The maximum Gasteiger partial charge on any atom is 0.408 e. The summed E-state index contributed by atoms with van der Waals surface area (Å²) in [5, 5.41) is 5.58. The highest BCUT2D eigenvalue weighted by Gasteiger charge is 2.24. The van der Waals surface area contributed by atoms with Crippen LogP contribution in [0.25, 0.3) is 0 Å². The smallest absolute Gasteiger partial charge is 0.408 e. The molecule has 6 heteroatoms. The Balaban J connectivity index is 2.03. The summed E-state index contributed by atoms with van der Waals surface area (Å²) in [7, 11) is 0. The van der Waals surface area contributed by atoms with Crippen molar-refractivity contribution >= 4 is 18.3 Å². The quantitative estimate of drug-likeness (QED) is 0.554. The van der Waals surface area contributed by atoms with Gasteiger partial charge >= 0.3 is 6.09 Å². The van der Waals surface area contributed by atoms with E-state index < -0.39 is 12.1 Å². The SMILES string of the molecule is CC(C)C[C@@H](CC=O)NC(=O)[C@H](Cc1ccccc1)NC(=O)OCc1ccccc1. The van der Waals surface area contributed by atoms with E-state index in [-0.39, 0.29) is 25.0 Å². The molecule has 30 heavy (non-hydrogen) atoms. The van der Waals surface area contributed by atoms with E-state index in [1.807, 2.05) is 74.5 Å². The van der Waals surface area contributed by atoms with E-state index >= 15 is 0 Å². The average Bonchev–Trinajstić information content (AvgIpc) is 2.73. The van der Waals surface area contributed by atoms with Gasteiger partial charge in [0.15, 0.2) is 0 Å². The molecule has 6 nitrogen and oxygen atoms in total. The minimum atomic E-state index is -0.808. The van der Waals surface area contributed by atoms with Crippen LogP contribution in [0.15, 0.2) is 60.7 Å². The Labute approximate surface area is 178 Å². The van der Waals surface area contributed by atoms with Crippen molar-refractivity contribution in [2.24, 2.45) is 5.92 Å². The zero-order chi connectivity index (χ0) is 21.8. The van der Waals surface area contributed by atoms with Gasteiger partial charge in [-0.3, -0.25) is 4.79 Å². The molecule has 2 atom stereocenters. The zero-order valence-corrected chi connectivity index (χ0v) is 17.5. The third-order valence-electron chi connectivity index (χ3n) is 4.59. The van der Waals surface area contributed by atoms with Crippen LogP contribution in [-0.4, -0.2) is 30.4 Å². The van der Waals surface area contributed by atoms with Crippen LogP contribution in [0.4, 0.5) is 4.79 Å². The number of aldehydes is 1. The summed E-state index contributed by atoms with van der Waals surface area (Å²) in [5.74, 6) is -0.00497. The fraction of sp³-hybridized carbons (Fsp3) is 0.375. The van der Waals surface area contributed by atoms with Crippen LogP contribution in [0.2, 0.25) is 0 Å². The molecule has 160 valence electrons. The first-order valence-corrected chi connectivity index (χ1v) is 10.2. The Hall–Kier alpha value is -3.15. The van der Waals surface area contributed by atoms with Crippen molar-refractivity contribution in [1.29, 1.82) is 0 Å². The number of nitrogens with one attached hydrogen (secondary N) is 2. The van der Waals surface area contributed by atoms with E-state index in [1.54, 1.807) is 0 Å². The second kappa shape index (κ2) is 12.4. The van der Waals surface area contributed by atoms with Crippen molar-refractivity contribution in [2.75, 3.05) is 0 Å². The lowest BCUT2D eigenvalue weighted by molar-refractivity contribution is -0.124. The summed E-state index contributed by atoms with van der Waals surface area (Å²) in [6.45, 7) is 4.18. The first-order chi connectivity index (χ1) is 14.5. The van der Waals surface area contributed by atoms with Gasteiger partial charge in [0.2, 0.25) is 5.91 Å². The van der Waals surface area contributed by atoms with Crippen LogP contribution < -0.4 is 10.6 Å². The molecule has 0 aliphatic heterocycles. The largest absolute Gasteiger partial charge is 0.445 e. The van der Waals surface area contributed by atoms with Crippen molar-refractivity contribution in [3.8, 4) is 0 Å². The third-order valence-corrected chi connectivity index (χ3v) is 4.59. The molecule has 2 amide bonds. The topological polar surface area (TPSA) is 84.5 Å². The number of ether oxygens (including phenoxy) is 1. The Bertz CT molecular complexity index is 793. The van der Waals surface area contributed by atoms with Crippen molar-refractivity contribution in [3.63, 3.8) is 0 Å². The van der Waals surface area contributed by atoms with Gasteiger partial charge in [0, 0.05) is 18.9 Å². The summed E-state index contributed by atoms with van der Waals surface area (Å²) in [5.41, 5.74) is 1.77. The standard InChI is InChI=1S/C24H30N2O4/c1-18(2)15-21(13-14-27)25-23(28)22(16-19-9-5-3-6-10-19)26-24(29)30-17-20-11-7-4-8-12-20/h3-12,14,18,21-22H,13,15-17H2,1-2H3,(H,25,28)(H,26,29)/t21-,22+/m1/s1. The number of hydrogen-bond acceptors (Lipinski definition) is 4. The van der Waals surface area contributed by atoms with E-state index in [0.717, 1.165) is 17.4 Å². The lowest BCUT2D eigenvalue weighted by Gasteiger charge is -2.23. The van der Waals surface area contributed by atoms with Gasteiger partial charge < -0.3 is 20.2 Å². The molecule has 0 heterocycles. The molecule has 2 N–H and O–H groups in total. The summed E-state index contributed by atoms with van der Waals surface area (Å²) in [6, 6.07) is 17.7. The first-order valence-electron chi connectivity index (χ1n) is 10.2. The van der Waals surface area contributed by atoms with E-state index in [9.17, 15) is 14.4 Å². The van der Waals surface area contributed by atoms with Gasteiger partial charge in [-0.2, -0.15) is 0 Å². The van der Waals surface area contributed by atoms with Gasteiger partial charge in [0.05, 0.1) is 0 Å². The van der Waals surface area contributed by atoms with Crippen LogP contribution in [0.1, 0.15) is 37.8 Å². The third kappa shape index (κ3) is 8.47. The number of carbonyl (C=O) groups is 3. The molecular formula is C24H30N2O4. The van der Waals surface area contributed by atoms with Gasteiger partial charge in [0.25, 0.3) is 0 Å². The summed E-state index contributed by atoms with van der Waals surface area (Å²) < 4.78 is 5.28. The molecule has 0 aromatic heterocycles. The predicted octanol–water partition coefficient (Wildman–Crippen LogP) is 3.64. The monoisotopic (exact) mass is 410 g/mol. The molecule has 0 spiro atoms. The number of hydrogen-bond donors (Lipinski definition) is 2. The van der Waals surface area contributed by atoms with Crippen LogP contribution in [0.3, 0.4) is 0 Å². The lowest BCUT2D eigenvalue weighted by atomic mass is 10.00. The van der Waals surface area contributed by atoms with Crippen LogP contribution in [0, 0.1) is 5.92 Å². The molecule has 0 bridgehead atoms. The molecule has 0 aliphatic rings. The summed E-state index contributed by atoms with van der Waals surface area (Å²) in [4.78, 5) is 36.3. The molecule has 2 rings (SSSR count). The van der Waals surface area contributed by atoms with Crippen molar-refractivity contribution < 1.29 is 19.1 Å². The molecule has 0 fully saturated rings. The molecule has 0 saturated carbocycles. The fourth-order valence-corrected chi connectivity index (χ4v) is 3.17. The molecule has 0 saturated heterocycles. The fourth-order valence-electron chi connectivity index (χ4n) is 3.17. The van der Waals surface area contributed by atoms with E-state index in [2.05, 4.69) is 10.6 Å². The van der Waals surface area contributed by atoms with Crippen molar-refractivity contribution in [1.82, 2.24) is 10.6 Å². The highest BCUT2D eigenvalue weighted by atomic mass is 16.5. The van der Waals surface area contributed by atoms with Crippen molar-refractivity contribution in [2.45, 2.75) is 51.8 Å². The number of rotatable bonds is 11. The normalized spacial score (nSPS) is 12.6. The molecule has 2 aromatic rings. The number of benzene rings is 2. The minimum Gasteiger partial charge on any atom is -0.445 e. The van der Waals surface area contributed by atoms with Gasteiger partial charge in [0.1, 0.15) is 18.9 Å². The van der Waals surface area contributed by atoms with Crippen LogP contribution in [-0.2, 0) is 27.4 Å². The second-order valence-electron chi connectivity index (χ2n) is 7.69. The molecule has 0 radical (unpaired) electrons. The van der Waals surface area contributed by atoms with E-state index in [1.165, 1.54) is 0 Å². The highest BCUT2D eigenvalue weighted by Crippen LogP contribution is 2.09. The van der Waals surface area contributed by atoms with Crippen molar-refractivity contribution in [3.05, 3.63) is 71.8 Å². The molecule has 0 unspecified atom stereocenters. The maximum absolute atomic E-state index is 12.9. The van der Waals surface area contributed by atoms with E-state index in [0.29, 0.717) is 18.8 Å². The van der Waals surface area contributed by atoms with Gasteiger partial charge in [-0.05, 0) is 23.5 Å². The molecular weight excluding hydrogens is 380 g/mol. The Morgan fingerprint density at radius 3 is 2.10 bits per heavy atom. The predicted molar refractivity (Wildman–Crippen MR) is 116 cm³/mol. The summed E-state index contributed by atoms with van der Waals surface area (Å²) >= 11 is 0. The Morgan fingerprint density at radius 2 is 1.53 bits per heavy atom. The average molecular weight is 411 g/mol. The number of alkyl carbamates (subject to hydrolysis) is 1. The van der Waals surface area contributed by atoms with Gasteiger partial charge in [-0.15, -0.1) is 0 Å². The Morgan fingerprint density at radius 1 is 0.933 bits per heavy atom.